The Hall–Kier alpha value is -1.44. The highest BCUT2D eigenvalue weighted by molar-refractivity contribution is 5.81. The summed E-state index contributed by atoms with van der Waals surface area (Å²) in [5, 5.41) is 7.21. The van der Waals surface area contributed by atoms with Crippen molar-refractivity contribution in [1.82, 2.24) is 24.9 Å². The van der Waals surface area contributed by atoms with Crippen molar-refractivity contribution in [3.63, 3.8) is 0 Å². The van der Waals surface area contributed by atoms with Gasteiger partial charge in [-0.25, -0.2) is 0 Å². The standard InChI is InChI=1S/C18H29N5O2/c1-13-6-15(21(3)20-13)8-22-10-18(11-22)12-23(7-14-4-5-14)16(9-25-18)17(24)19-2/h6,14,16H,4-5,7-12H2,1-3H3,(H,19,24)/t16-/m0/s1. The van der Waals surface area contributed by atoms with Crippen LogP contribution in [0.3, 0.4) is 0 Å². The molecule has 138 valence electrons. The first-order chi connectivity index (χ1) is 12.0. The Balaban J connectivity index is 1.37. The number of aryl methyl sites for hydroxylation is 2. The number of carbonyl (C=O) groups is 1. The van der Waals surface area contributed by atoms with Gasteiger partial charge >= 0.3 is 0 Å². The van der Waals surface area contributed by atoms with Crippen molar-refractivity contribution in [3.8, 4) is 0 Å². The molecular formula is C18H29N5O2. The molecule has 0 aromatic carbocycles. The zero-order valence-electron chi connectivity index (χ0n) is 15.5. The third-order valence-electron chi connectivity index (χ3n) is 5.73. The number of hydrogen-bond acceptors (Lipinski definition) is 5. The molecule has 7 nitrogen and oxygen atoms in total. The average Bonchev–Trinajstić information content (AvgIpc) is 3.30. The minimum Gasteiger partial charge on any atom is -0.369 e. The van der Waals surface area contributed by atoms with Crippen LogP contribution >= 0.6 is 0 Å². The van der Waals surface area contributed by atoms with Crippen molar-refractivity contribution in [2.45, 2.75) is 38.0 Å². The number of morpholine rings is 1. The van der Waals surface area contributed by atoms with Crippen LogP contribution in [0.25, 0.3) is 0 Å². The van der Waals surface area contributed by atoms with Crippen LogP contribution in [0.4, 0.5) is 0 Å². The van der Waals surface area contributed by atoms with Crippen LogP contribution in [0.5, 0.6) is 0 Å². The first-order valence-electron chi connectivity index (χ1n) is 9.29. The highest BCUT2D eigenvalue weighted by Crippen LogP contribution is 2.36. The van der Waals surface area contributed by atoms with Crippen LogP contribution in [-0.2, 0) is 23.1 Å². The van der Waals surface area contributed by atoms with Gasteiger partial charge in [-0.1, -0.05) is 0 Å². The number of nitrogens with zero attached hydrogens (tertiary/aromatic N) is 4. The Kier molecular flexibility index (Phi) is 4.33. The molecule has 4 rings (SSSR count). The minimum atomic E-state index is -0.134. The molecule has 1 aliphatic carbocycles. The van der Waals surface area contributed by atoms with Gasteiger partial charge in [0, 0.05) is 46.8 Å². The molecule has 3 fully saturated rings. The molecule has 1 spiro atoms. The summed E-state index contributed by atoms with van der Waals surface area (Å²) in [4.78, 5) is 17.0. The summed E-state index contributed by atoms with van der Waals surface area (Å²) < 4.78 is 8.17. The summed E-state index contributed by atoms with van der Waals surface area (Å²) in [6, 6.07) is 2.01. The van der Waals surface area contributed by atoms with E-state index in [9.17, 15) is 4.79 Å². The van der Waals surface area contributed by atoms with Gasteiger partial charge in [-0.3, -0.25) is 19.3 Å². The van der Waals surface area contributed by atoms with E-state index in [2.05, 4.69) is 26.3 Å². The maximum Gasteiger partial charge on any atom is 0.239 e. The summed E-state index contributed by atoms with van der Waals surface area (Å²) in [5.41, 5.74) is 2.19. The summed E-state index contributed by atoms with van der Waals surface area (Å²) in [6.07, 6.45) is 2.60. The molecule has 0 unspecified atom stereocenters. The van der Waals surface area contributed by atoms with Crippen LogP contribution in [-0.4, -0.2) is 77.0 Å². The fourth-order valence-corrected chi connectivity index (χ4v) is 4.23. The lowest BCUT2D eigenvalue weighted by atomic mass is 9.90. The highest BCUT2D eigenvalue weighted by atomic mass is 16.5. The van der Waals surface area contributed by atoms with Crippen molar-refractivity contribution < 1.29 is 9.53 Å². The van der Waals surface area contributed by atoms with Crippen molar-refractivity contribution in [2.24, 2.45) is 13.0 Å². The van der Waals surface area contributed by atoms with E-state index in [-0.39, 0.29) is 17.6 Å². The monoisotopic (exact) mass is 347 g/mol. The fourth-order valence-electron chi connectivity index (χ4n) is 4.23. The second-order valence-electron chi connectivity index (χ2n) is 8.04. The third-order valence-corrected chi connectivity index (χ3v) is 5.73. The van der Waals surface area contributed by atoms with Crippen molar-refractivity contribution in [3.05, 3.63) is 17.5 Å². The molecule has 2 aliphatic heterocycles. The zero-order chi connectivity index (χ0) is 17.6. The van der Waals surface area contributed by atoms with Crippen LogP contribution in [0.15, 0.2) is 6.07 Å². The van der Waals surface area contributed by atoms with Gasteiger partial charge in [0.2, 0.25) is 5.91 Å². The van der Waals surface area contributed by atoms with E-state index in [1.807, 2.05) is 18.7 Å². The predicted octanol–water partition coefficient (Wildman–Crippen LogP) is 0.140. The predicted molar refractivity (Wildman–Crippen MR) is 94.1 cm³/mol. The van der Waals surface area contributed by atoms with Gasteiger partial charge in [0.05, 0.1) is 18.0 Å². The molecule has 0 radical (unpaired) electrons. The minimum absolute atomic E-state index is 0.0806. The largest absolute Gasteiger partial charge is 0.369 e. The summed E-state index contributed by atoms with van der Waals surface area (Å²) in [5.74, 6) is 0.855. The van der Waals surface area contributed by atoms with Crippen molar-refractivity contribution >= 4 is 5.91 Å². The average molecular weight is 347 g/mol. The molecule has 1 atom stereocenters. The molecule has 1 aromatic rings. The Bertz CT molecular complexity index is 648. The van der Waals surface area contributed by atoms with Crippen molar-refractivity contribution in [2.75, 3.05) is 39.8 Å². The molecular weight excluding hydrogens is 318 g/mol. The number of ether oxygens (including phenoxy) is 1. The molecule has 1 saturated carbocycles. The van der Waals surface area contributed by atoms with E-state index >= 15 is 0 Å². The number of amides is 1. The van der Waals surface area contributed by atoms with Crippen LogP contribution in [0.2, 0.25) is 0 Å². The lowest BCUT2D eigenvalue weighted by molar-refractivity contribution is -0.203. The van der Waals surface area contributed by atoms with Gasteiger partial charge in [-0.05, 0) is 31.7 Å². The number of likely N-dealkylation sites (tertiary alicyclic amines) is 1. The number of hydrogen-bond donors (Lipinski definition) is 1. The summed E-state index contributed by atoms with van der Waals surface area (Å²) in [6.45, 7) is 7.19. The molecule has 2 saturated heterocycles. The van der Waals surface area contributed by atoms with E-state index in [0.29, 0.717) is 6.61 Å². The van der Waals surface area contributed by atoms with Crippen molar-refractivity contribution in [1.29, 1.82) is 0 Å². The number of rotatable bonds is 5. The van der Waals surface area contributed by atoms with E-state index in [1.165, 1.54) is 18.5 Å². The molecule has 25 heavy (non-hydrogen) atoms. The van der Waals surface area contributed by atoms with Gasteiger partial charge in [-0.2, -0.15) is 5.10 Å². The third kappa shape index (κ3) is 3.45. The number of carbonyl (C=O) groups excluding carboxylic acids is 1. The first kappa shape index (κ1) is 17.0. The Labute approximate surface area is 149 Å². The maximum absolute atomic E-state index is 12.2. The van der Waals surface area contributed by atoms with Gasteiger partial charge < -0.3 is 10.1 Å². The van der Waals surface area contributed by atoms with Gasteiger partial charge in [0.25, 0.3) is 0 Å². The maximum atomic E-state index is 12.2. The summed E-state index contributed by atoms with van der Waals surface area (Å²) >= 11 is 0. The second-order valence-corrected chi connectivity index (χ2v) is 8.04. The van der Waals surface area contributed by atoms with Gasteiger partial charge in [0.15, 0.2) is 0 Å². The highest BCUT2D eigenvalue weighted by Gasteiger charge is 2.51. The van der Waals surface area contributed by atoms with Crippen LogP contribution in [0, 0.1) is 12.8 Å². The lowest BCUT2D eigenvalue weighted by Crippen LogP contribution is -2.72. The Morgan fingerprint density at radius 3 is 2.76 bits per heavy atom. The Morgan fingerprint density at radius 1 is 1.40 bits per heavy atom. The number of aromatic nitrogens is 2. The second kappa shape index (κ2) is 6.37. The normalized spacial score (nSPS) is 26.6. The van der Waals surface area contributed by atoms with E-state index in [1.54, 1.807) is 7.05 Å². The Morgan fingerprint density at radius 2 is 2.16 bits per heavy atom. The smallest absolute Gasteiger partial charge is 0.239 e. The zero-order valence-corrected chi connectivity index (χ0v) is 15.5. The molecule has 1 amide bonds. The fraction of sp³-hybridized carbons (Fsp3) is 0.778. The SMILES string of the molecule is CNC(=O)[C@@H]1COC2(CN(Cc3cc(C)nn3C)C2)CN1CC1CC1. The van der Waals surface area contributed by atoms with E-state index in [0.717, 1.165) is 44.3 Å². The van der Waals surface area contributed by atoms with E-state index < -0.39 is 0 Å². The molecule has 1 aromatic heterocycles. The molecule has 0 bridgehead atoms. The number of nitrogens with one attached hydrogen (secondary N) is 1. The summed E-state index contributed by atoms with van der Waals surface area (Å²) in [7, 11) is 3.71. The van der Waals surface area contributed by atoms with E-state index in [4.69, 9.17) is 4.74 Å². The van der Waals surface area contributed by atoms with Crippen LogP contribution < -0.4 is 5.32 Å². The molecule has 3 aliphatic rings. The topological polar surface area (TPSA) is 62.6 Å². The first-order valence-corrected chi connectivity index (χ1v) is 9.29. The van der Waals surface area contributed by atoms with Gasteiger partial charge in [-0.15, -0.1) is 0 Å². The molecule has 7 heteroatoms. The molecule has 1 N–H and O–H groups in total. The lowest BCUT2D eigenvalue weighted by Gasteiger charge is -2.55. The quantitative estimate of drug-likeness (QED) is 0.821. The van der Waals surface area contributed by atoms with Gasteiger partial charge in [0.1, 0.15) is 11.6 Å². The number of likely N-dealkylation sites (N-methyl/N-ethyl adjacent to an activating group) is 1. The molecule has 3 heterocycles. The van der Waals surface area contributed by atoms with Crippen LogP contribution in [0.1, 0.15) is 24.2 Å².